The van der Waals surface area contributed by atoms with E-state index in [4.69, 9.17) is 18.4 Å². The fourth-order valence-corrected chi connectivity index (χ4v) is 5.96. The minimum absolute atomic E-state index is 0.00978. The number of nitrogens with two attached hydrogens (primary N) is 1. The minimum atomic E-state index is 0.00978. The Morgan fingerprint density at radius 2 is 0.771 bits per heavy atom. The Balaban J connectivity index is 2.57. The third-order valence-corrected chi connectivity index (χ3v) is 7.49. The summed E-state index contributed by atoms with van der Waals surface area (Å²) in [6.07, 6.45) is 2.03. The van der Waals surface area contributed by atoms with Crippen LogP contribution in [0, 0.1) is 5.41 Å². The number of hydrogen-bond donors (Lipinski definition) is 2. The Morgan fingerprint density at radius 1 is 0.514 bits per heavy atom. The van der Waals surface area contributed by atoms with E-state index >= 15 is 0 Å². The minimum Gasteiger partial charge on any atom is -0.398 e. The second kappa shape index (κ2) is 9.47. The highest BCUT2D eigenvalue weighted by Gasteiger charge is 2.29. The van der Waals surface area contributed by atoms with Crippen molar-refractivity contribution < 1.29 is 0 Å². The summed E-state index contributed by atoms with van der Waals surface area (Å²) in [5, 5.41) is 0. The molecule has 0 spiro atoms. The summed E-state index contributed by atoms with van der Waals surface area (Å²) >= 11 is 5.01. The molecule has 0 unspecified atom stereocenters. The van der Waals surface area contributed by atoms with E-state index in [1.165, 1.54) is 33.4 Å². The summed E-state index contributed by atoms with van der Waals surface area (Å²) in [4.78, 5) is 1.15. The molecule has 2 rings (SSSR count). The molecule has 0 saturated carbocycles. The van der Waals surface area contributed by atoms with Gasteiger partial charge in [0.05, 0.1) is 0 Å². The molecule has 2 N–H and O–H groups in total. The first-order chi connectivity index (χ1) is 15.4. The van der Waals surface area contributed by atoms with Crippen LogP contribution in [-0.2, 0) is 34.5 Å². The molecule has 0 saturated heterocycles. The molecule has 2 heteroatoms. The lowest BCUT2D eigenvalue weighted by atomic mass is 9.73. The average molecular weight is 496 g/mol. The fraction of sp³-hybridized carbons (Fsp3) is 0.636. The maximum absolute atomic E-state index is 6.73. The third kappa shape index (κ3) is 7.31. The van der Waals surface area contributed by atoms with Crippen molar-refractivity contribution in [3.05, 3.63) is 57.6 Å². The molecule has 0 aromatic heterocycles. The second-order valence-corrected chi connectivity index (χ2v) is 16.1. The van der Waals surface area contributed by atoms with Gasteiger partial charge in [0.15, 0.2) is 0 Å². The molecule has 2 aromatic rings. The molecule has 0 bridgehead atoms. The highest BCUT2D eigenvalue weighted by atomic mass is 32.1. The van der Waals surface area contributed by atoms with E-state index in [1.54, 1.807) is 0 Å². The summed E-state index contributed by atoms with van der Waals surface area (Å²) in [5.74, 6) is 0. The zero-order valence-corrected chi connectivity index (χ0v) is 26.1. The molecular formula is C33H53NS. The van der Waals surface area contributed by atoms with Crippen LogP contribution >= 0.6 is 12.6 Å². The molecule has 0 aliphatic rings. The van der Waals surface area contributed by atoms with Gasteiger partial charge in [0.2, 0.25) is 0 Å². The summed E-state index contributed by atoms with van der Waals surface area (Å²) in [6.45, 7) is 32.1. The molecule has 35 heavy (non-hydrogen) atoms. The molecule has 1 nitrogen and oxygen atoms in total. The lowest BCUT2D eigenvalue weighted by Crippen LogP contribution is -2.24. The van der Waals surface area contributed by atoms with Gasteiger partial charge in [0.1, 0.15) is 0 Å². The van der Waals surface area contributed by atoms with Crippen LogP contribution in [0.15, 0.2) is 29.2 Å². The molecular weight excluding hydrogens is 442 g/mol. The number of thiol groups is 1. The van der Waals surface area contributed by atoms with Gasteiger partial charge in [-0.2, -0.15) is 0 Å². The Bertz CT molecular complexity index is 905. The van der Waals surface area contributed by atoms with Gasteiger partial charge < -0.3 is 5.73 Å². The van der Waals surface area contributed by atoms with Gasteiger partial charge in [-0.1, -0.05) is 121 Å². The average Bonchev–Trinajstić information content (AvgIpc) is 2.60. The number of anilines is 1. The first-order valence-corrected chi connectivity index (χ1v) is 13.7. The number of rotatable bonds is 4. The molecule has 0 aliphatic heterocycles. The molecule has 0 aliphatic carbocycles. The van der Waals surface area contributed by atoms with Gasteiger partial charge in [-0.3, -0.25) is 0 Å². The predicted molar refractivity (Wildman–Crippen MR) is 161 cm³/mol. The summed E-state index contributed by atoms with van der Waals surface area (Å²) in [7, 11) is 0. The van der Waals surface area contributed by atoms with Crippen molar-refractivity contribution in [3.63, 3.8) is 0 Å². The van der Waals surface area contributed by atoms with E-state index in [9.17, 15) is 0 Å². The molecule has 2 aromatic carbocycles. The Hall–Kier alpha value is -1.41. The van der Waals surface area contributed by atoms with Crippen LogP contribution in [0.1, 0.15) is 130 Å². The van der Waals surface area contributed by atoms with E-state index in [0.717, 1.165) is 23.4 Å². The number of hydrogen-bond acceptors (Lipinski definition) is 2. The van der Waals surface area contributed by atoms with E-state index in [0.29, 0.717) is 0 Å². The van der Waals surface area contributed by atoms with Gasteiger partial charge in [-0.25, -0.2) is 0 Å². The molecule has 0 heterocycles. The predicted octanol–water partition coefficient (Wildman–Crippen LogP) is 9.56. The topological polar surface area (TPSA) is 26.0 Å². The highest BCUT2D eigenvalue weighted by Crippen LogP contribution is 2.41. The van der Waals surface area contributed by atoms with Crippen LogP contribution in [0.5, 0.6) is 0 Å². The molecule has 196 valence electrons. The number of nitrogen functional groups attached to an aromatic ring is 1. The maximum atomic E-state index is 6.73. The van der Waals surface area contributed by atoms with E-state index in [2.05, 4.69) is 121 Å². The van der Waals surface area contributed by atoms with Crippen molar-refractivity contribution in [2.45, 2.75) is 136 Å². The smallest absolute Gasteiger partial charge is 0.0390 e. The maximum Gasteiger partial charge on any atom is 0.0390 e. The monoisotopic (exact) mass is 495 g/mol. The van der Waals surface area contributed by atoms with Crippen molar-refractivity contribution in [1.82, 2.24) is 0 Å². The van der Waals surface area contributed by atoms with Gasteiger partial charge in [0.25, 0.3) is 0 Å². The van der Waals surface area contributed by atoms with E-state index in [-0.39, 0.29) is 27.1 Å². The molecule has 0 radical (unpaired) electrons. The van der Waals surface area contributed by atoms with Crippen molar-refractivity contribution >= 4 is 18.3 Å². The Kier molecular flexibility index (Phi) is 8.07. The quantitative estimate of drug-likeness (QED) is 0.320. The number of benzene rings is 2. The van der Waals surface area contributed by atoms with E-state index in [1.807, 2.05) is 0 Å². The van der Waals surface area contributed by atoms with Crippen LogP contribution in [0.4, 0.5) is 5.69 Å². The fourth-order valence-electron chi connectivity index (χ4n) is 5.16. The van der Waals surface area contributed by atoms with E-state index < -0.39 is 0 Å². The third-order valence-electron chi connectivity index (χ3n) is 7.01. The zero-order chi connectivity index (χ0) is 27.4. The van der Waals surface area contributed by atoms with Crippen LogP contribution in [0.3, 0.4) is 0 Å². The van der Waals surface area contributed by atoms with Gasteiger partial charge in [-0.05, 0) is 73.3 Å². The molecule has 0 fully saturated rings. The first-order valence-electron chi connectivity index (χ1n) is 13.2. The van der Waals surface area contributed by atoms with Crippen molar-refractivity contribution in [2.24, 2.45) is 5.41 Å². The Labute approximate surface area is 223 Å². The largest absolute Gasteiger partial charge is 0.398 e. The molecule has 0 atom stereocenters. The zero-order valence-electron chi connectivity index (χ0n) is 25.2. The lowest BCUT2D eigenvalue weighted by Gasteiger charge is -2.33. The van der Waals surface area contributed by atoms with Crippen molar-refractivity contribution in [2.75, 3.05) is 5.73 Å². The summed E-state index contributed by atoms with van der Waals surface area (Å²) < 4.78 is 0. The van der Waals surface area contributed by atoms with Crippen LogP contribution in [0.25, 0.3) is 0 Å². The first kappa shape index (κ1) is 29.8. The van der Waals surface area contributed by atoms with Crippen LogP contribution < -0.4 is 5.73 Å². The second-order valence-electron chi connectivity index (χ2n) is 15.7. The molecule has 0 amide bonds. The summed E-state index contributed by atoms with van der Waals surface area (Å²) in [5.41, 5.74) is 15.9. The van der Waals surface area contributed by atoms with Gasteiger partial charge in [-0.15, -0.1) is 12.6 Å². The normalized spacial score (nSPS) is 13.9. The van der Waals surface area contributed by atoms with Gasteiger partial charge >= 0.3 is 0 Å². The summed E-state index contributed by atoms with van der Waals surface area (Å²) in [6, 6.07) is 9.54. The SMILES string of the molecule is CC(C)(Cc1cc(C(C)(C)C)c(N)c(C(C)(C)C)c1)Cc1cc(C(C)(C)C)c(S)c(C(C)(C)C)c1. The van der Waals surface area contributed by atoms with Crippen LogP contribution in [0.2, 0.25) is 0 Å². The van der Waals surface area contributed by atoms with Crippen molar-refractivity contribution in [3.8, 4) is 0 Å². The van der Waals surface area contributed by atoms with Gasteiger partial charge in [0, 0.05) is 10.6 Å². The lowest BCUT2D eigenvalue weighted by molar-refractivity contribution is 0.359. The van der Waals surface area contributed by atoms with Crippen molar-refractivity contribution in [1.29, 1.82) is 0 Å². The highest BCUT2D eigenvalue weighted by molar-refractivity contribution is 7.80. The standard InChI is InChI=1S/C33H53NS/c1-29(2,3)23-15-21(16-24(27(23)34)30(4,5)6)19-33(13,14)20-22-17-25(31(7,8)9)28(35)26(18-22)32(10,11)12/h15-18,35H,19-20,34H2,1-14H3. The van der Waals surface area contributed by atoms with Crippen LogP contribution in [-0.4, -0.2) is 0 Å². The Morgan fingerprint density at radius 3 is 1.03 bits per heavy atom.